The highest BCUT2D eigenvalue weighted by Crippen LogP contribution is 2.24. The van der Waals surface area contributed by atoms with Gasteiger partial charge >= 0.3 is 0 Å². The molecule has 2 saturated heterocycles. The number of benzene rings is 1. The Morgan fingerprint density at radius 3 is 2.77 bits per heavy atom. The normalized spacial score (nSPS) is 20.8. The number of carbonyl (C=O) groups is 1. The van der Waals surface area contributed by atoms with E-state index in [0.29, 0.717) is 25.7 Å². The van der Waals surface area contributed by atoms with Crippen LogP contribution in [0.4, 0.5) is 0 Å². The Morgan fingerprint density at radius 2 is 2.10 bits per heavy atom. The van der Waals surface area contributed by atoms with Crippen LogP contribution >= 0.6 is 24.0 Å². The number of guanidine groups is 1. The molecule has 174 valence electrons. The minimum absolute atomic E-state index is 0. The summed E-state index contributed by atoms with van der Waals surface area (Å²) in [5.74, 6) is 1.43. The molecule has 0 bridgehead atoms. The Kier molecular flexibility index (Phi) is 10.8. The fourth-order valence-corrected chi connectivity index (χ4v) is 3.36. The van der Waals surface area contributed by atoms with Gasteiger partial charge in [-0.05, 0) is 31.4 Å². The van der Waals surface area contributed by atoms with Gasteiger partial charge in [0.2, 0.25) is 5.91 Å². The lowest BCUT2D eigenvalue weighted by molar-refractivity contribution is -0.127. The molecule has 2 N–H and O–H groups in total. The first-order valence-corrected chi connectivity index (χ1v) is 10.7. The number of carbonyl (C=O) groups excluding carboxylic acids is 1. The molecular formula is C22H35IN4O4. The fourth-order valence-electron chi connectivity index (χ4n) is 3.36. The monoisotopic (exact) mass is 546 g/mol. The molecule has 31 heavy (non-hydrogen) atoms. The topological polar surface area (TPSA) is 84.4 Å². The van der Waals surface area contributed by atoms with Gasteiger partial charge < -0.3 is 29.7 Å². The Morgan fingerprint density at radius 1 is 1.26 bits per heavy atom. The average Bonchev–Trinajstić information content (AvgIpc) is 3.42. The van der Waals surface area contributed by atoms with Crippen LogP contribution in [-0.4, -0.2) is 76.0 Å². The summed E-state index contributed by atoms with van der Waals surface area (Å²) in [6.07, 6.45) is 3.29. The van der Waals surface area contributed by atoms with Crippen molar-refractivity contribution in [2.75, 3.05) is 47.0 Å². The van der Waals surface area contributed by atoms with Crippen molar-refractivity contribution >= 4 is 35.8 Å². The van der Waals surface area contributed by atoms with Crippen molar-refractivity contribution in [2.24, 2.45) is 4.99 Å². The second-order valence-electron chi connectivity index (χ2n) is 8.04. The zero-order valence-electron chi connectivity index (χ0n) is 18.7. The first-order chi connectivity index (χ1) is 14.5. The van der Waals surface area contributed by atoms with E-state index in [1.807, 2.05) is 19.1 Å². The number of nitrogens with zero attached hydrogens (tertiary/aromatic N) is 2. The van der Waals surface area contributed by atoms with Gasteiger partial charge in [0.1, 0.15) is 11.9 Å². The number of likely N-dealkylation sites (N-methyl/N-ethyl adjacent to an activating group) is 1. The van der Waals surface area contributed by atoms with E-state index in [0.717, 1.165) is 49.4 Å². The standard InChI is InChI=1S/C22H34N4O4.HI/c1-16-6-7-17(20(11-16)30-19-8-10-28-15-19)12-23-22(25-14-21(27)26(2)3)24-13-18-5-4-9-29-18;/h6-7,11,18-19H,4-5,8-10,12-15H2,1-3H3,(H2,23,24,25);1H. The number of amides is 1. The number of aliphatic imine (C=N–C) groups is 1. The second kappa shape index (κ2) is 13.1. The molecule has 2 fully saturated rings. The second-order valence-corrected chi connectivity index (χ2v) is 8.04. The van der Waals surface area contributed by atoms with Crippen LogP contribution in [-0.2, 0) is 20.8 Å². The molecule has 0 aromatic heterocycles. The third-order valence-corrected chi connectivity index (χ3v) is 5.24. The number of ether oxygens (including phenoxy) is 3. The average molecular weight is 546 g/mol. The van der Waals surface area contributed by atoms with Gasteiger partial charge in [-0.1, -0.05) is 12.1 Å². The van der Waals surface area contributed by atoms with Crippen molar-refractivity contribution < 1.29 is 19.0 Å². The smallest absolute Gasteiger partial charge is 0.241 e. The van der Waals surface area contributed by atoms with E-state index in [9.17, 15) is 4.79 Å². The maximum Gasteiger partial charge on any atom is 0.241 e. The first-order valence-electron chi connectivity index (χ1n) is 10.7. The lowest BCUT2D eigenvalue weighted by atomic mass is 10.1. The molecule has 0 radical (unpaired) electrons. The zero-order valence-corrected chi connectivity index (χ0v) is 21.0. The lowest BCUT2D eigenvalue weighted by Gasteiger charge is -2.18. The molecule has 2 aliphatic rings. The Hall–Kier alpha value is -1.59. The predicted octanol–water partition coefficient (Wildman–Crippen LogP) is 2.08. The summed E-state index contributed by atoms with van der Waals surface area (Å²) in [6.45, 7) is 5.51. The van der Waals surface area contributed by atoms with Crippen LogP contribution in [0.5, 0.6) is 5.75 Å². The SMILES string of the molecule is Cc1ccc(CN=C(NCC(=O)N(C)C)NCC2CCCO2)c(OC2CCOC2)c1.I. The molecule has 9 heteroatoms. The van der Waals surface area contributed by atoms with Gasteiger partial charge in [-0.3, -0.25) is 4.79 Å². The van der Waals surface area contributed by atoms with Gasteiger partial charge in [-0.15, -0.1) is 24.0 Å². The summed E-state index contributed by atoms with van der Waals surface area (Å²) in [5, 5.41) is 6.44. The van der Waals surface area contributed by atoms with Crippen LogP contribution in [0, 0.1) is 6.92 Å². The van der Waals surface area contributed by atoms with Gasteiger partial charge in [0.15, 0.2) is 5.96 Å². The zero-order chi connectivity index (χ0) is 21.3. The molecule has 3 rings (SSSR count). The van der Waals surface area contributed by atoms with Crippen LogP contribution in [0.2, 0.25) is 0 Å². The van der Waals surface area contributed by atoms with Crippen LogP contribution in [0.3, 0.4) is 0 Å². The largest absolute Gasteiger partial charge is 0.488 e. The van der Waals surface area contributed by atoms with Crippen LogP contribution in [0.25, 0.3) is 0 Å². The molecule has 0 aliphatic carbocycles. The third-order valence-electron chi connectivity index (χ3n) is 5.24. The molecule has 1 aromatic rings. The van der Waals surface area contributed by atoms with Gasteiger partial charge in [-0.25, -0.2) is 4.99 Å². The quantitative estimate of drug-likeness (QED) is 0.295. The first kappa shape index (κ1) is 25.7. The Balaban J connectivity index is 0.00000341. The maximum atomic E-state index is 12.0. The predicted molar refractivity (Wildman–Crippen MR) is 131 cm³/mol. The van der Waals surface area contributed by atoms with Crippen LogP contribution < -0.4 is 15.4 Å². The molecule has 2 aliphatic heterocycles. The van der Waals surface area contributed by atoms with E-state index >= 15 is 0 Å². The minimum Gasteiger partial charge on any atom is -0.488 e. The summed E-state index contributed by atoms with van der Waals surface area (Å²) < 4.78 is 17.3. The molecule has 0 spiro atoms. The number of aryl methyl sites for hydroxylation is 1. The molecule has 2 atom stereocenters. The molecule has 1 amide bonds. The van der Waals surface area contributed by atoms with Crippen LogP contribution in [0.15, 0.2) is 23.2 Å². The van der Waals surface area contributed by atoms with E-state index < -0.39 is 0 Å². The van der Waals surface area contributed by atoms with Crippen molar-refractivity contribution in [1.29, 1.82) is 0 Å². The van der Waals surface area contributed by atoms with E-state index in [1.165, 1.54) is 0 Å². The van der Waals surface area contributed by atoms with Gasteiger partial charge in [-0.2, -0.15) is 0 Å². The van der Waals surface area contributed by atoms with Gasteiger partial charge in [0, 0.05) is 39.2 Å². The summed E-state index contributed by atoms with van der Waals surface area (Å²) in [7, 11) is 3.48. The Bertz CT molecular complexity index is 732. The fraction of sp³-hybridized carbons (Fsp3) is 0.636. The highest BCUT2D eigenvalue weighted by Gasteiger charge is 2.19. The molecule has 2 unspecified atom stereocenters. The van der Waals surface area contributed by atoms with Crippen molar-refractivity contribution in [1.82, 2.24) is 15.5 Å². The van der Waals surface area contributed by atoms with Crippen molar-refractivity contribution in [2.45, 2.75) is 44.9 Å². The lowest BCUT2D eigenvalue weighted by Crippen LogP contribution is -2.45. The summed E-state index contributed by atoms with van der Waals surface area (Å²) in [6, 6.07) is 6.16. The van der Waals surface area contributed by atoms with Crippen molar-refractivity contribution in [3.63, 3.8) is 0 Å². The molecule has 2 heterocycles. The van der Waals surface area contributed by atoms with E-state index in [1.54, 1.807) is 19.0 Å². The number of rotatable bonds is 8. The number of halogens is 1. The molecule has 1 aromatic carbocycles. The summed E-state index contributed by atoms with van der Waals surface area (Å²) in [4.78, 5) is 18.3. The third kappa shape index (κ3) is 8.46. The van der Waals surface area contributed by atoms with Gasteiger partial charge in [0.05, 0.1) is 32.4 Å². The van der Waals surface area contributed by atoms with Gasteiger partial charge in [0.25, 0.3) is 0 Å². The van der Waals surface area contributed by atoms with E-state index in [2.05, 4.69) is 16.7 Å². The summed E-state index contributed by atoms with van der Waals surface area (Å²) in [5.41, 5.74) is 2.15. The number of nitrogens with one attached hydrogen (secondary N) is 2. The minimum atomic E-state index is -0.0118. The number of hydrogen-bond donors (Lipinski definition) is 2. The molecular weight excluding hydrogens is 511 g/mol. The van der Waals surface area contributed by atoms with E-state index in [-0.39, 0.29) is 48.6 Å². The summed E-state index contributed by atoms with van der Waals surface area (Å²) >= 11 is 0. The van der Waals surface area contributed by atoms with Crippen molar-refractivity contribution in [3.8, 4) is 5.75 Å². The highest BCUT2D eigenvalue weighted by molar-refractivity contribution is 14.0. The van der Waals surface area contributed by atoms with E-state index in [4.69, 9.17) is 19.2 Å². The highest BCUT2D eigenvalue weighted by atomic mass is 127. The molecule has 0 saturated carbocycles. The van der Waals surface area contributed by atoms with Crippen LogP contribution in [0.1, 0.15) is 30.4 Å². The maximum absolute atomic E-state index is 12.0. The molecule has 8 nitrogen and oxygen atoms in total. The number of hydrogen-bond acceptors (Lipinski definition) is 5. The Labute approximate surface area is 202 Å². The van der Waals surface area contributed by atoms with Crippen molar-refractivity contribution in [3.05, 3.63) is 29.3 Å².